The van der Waals surface area contributed by atoms with Gasteiger partial charge in [-0.3, -0.25) is 4.79 Å². The molecule has 1 amide bonds. The maximum atomic E-state index is 12.7. The quantitative estimate of drug-likeness (QED) is 0.518. The number of anilines is 1. The van der Waals surface area contributed by atoms with Gasteiger partial charge in [0.15, 0.2) is 0 Å². The lowest BCUT2D eigenvalue weighted by atomic mass is 10.2. The minimum atomic E-state index is -0.670. The molecule has 3 heterocycles. The Bertz CT molecular complexity index is 1270. The minimum absolute atomic E-state index is 0.0403. The Kier molecular flexibility index (Phi) is 3.87. The van der Waals surface area contributed by atoms with Crippen LogP contribution in [0.25, 0.3) is 21.7 Å². The Morgan fingerprint density at radius 1 is 1.25 bits per heavy atom. The Morgan fingerprint density at radius 2 is 2.07 bits per heavy atom. The highest BCUT2D eigenvalue weighted by molar-refractivity contribution is 7.16. The highest BCUT2D eigenvalue weighted by Crippen LogP contribution is 2.40. The van der Waals surface area contributed by atoms with Gasteiger partial charge in [0.05, 0.1) is 10.6 Å². The molecule has 140 valence electrons. The maximum Gasteiger partial charge on any atom is 0.349 e. The molecule has 1 N–H and O–H groups in total. The molecule has 5 rings (SSSR count). The monoisotopic (exact) mass is 393 g/mol. The molecule has 4 aromatic rings. The van der Waals surface area contributed by atoms with Gasteiger partial charge in [-0.05, 0) is 38.0 Å². The molecule has 7 nitrogen and oxygen atoms in total. The lowest BCUT2D eigenvalue weighted by Gasteiger charge is -2.04. The van der Waals surface area contributed by atoms with Crippen LogP contribution in [-0.2, 0) is 0 Å². The molecule has 8 heteroatoms. The smallest absolute Gasteiger partial charge is 0.349 e. The van der Waals surface area contributed by atoms with Crippen LogP contribution in [0.3, 0.4) is 0 Å². The van der Waals surface area contributed by atoms with Gasteiger partial charge < -0.3 is 14.3 Å². The second kappa shape index (κ2) is 6.42. The Labute approximate surface area is 163 Å². The van der Waals surface area contributed by atoms with Crippen LogP contribution >= 0.6 is 11.3 Å². The van der Waals surface area contributed by atoms with Crippen molar-refractivity contribution in [1.82, 2.24) is 10.1 Å². The molecule has 28 heavy (non-hydrogen) atoms. The number of hydrogen-bond acceptors (Lipinski definition) is 7. The van der Waals surface area contributed by atoms with E-state index in [-0.39, 0.29) is 5.56 Å². The molecule has 0 atom stereocenters. The molecule has 0 saturated heterocycles. The van der Waals surface area contributed by atoms with Gasteiger partial charge in [0, 0.05) is 16.2 Å². The molecule has 1 aliphatic rings. The Balaban J connectivity index is 1.42. The molecule has 3 aromatic heterocycles. The minimum Gasteiger partial charge on any atom is -0.422 e. The average Bonchev–Trinajstić information content (AvgIpc) is 3.31. The van der Waals surface area contributed by atoms with Gasteiger partial charge in [-0.25, -0.2) is 4.79 Å². The first-order valence-corrected chi connectivity index (χ1v) is 9.69. The number of rotatable bonds is 4. The summed E-state index contributed by atoms with van der Waals surface area (Å²) < 4.78 is 10.5. The van der Waals surface area contributed by atoms with Gasteiger partial charge in [0.2, 0.25) is 11.7 Å². The number of para-hydroxylation sites is 1. The SMILES string of the molecule is Cc1sc(-c2noc(C3CC3)n2)cc1NC(=O)c1cc2ccccc2oc1=O. The largest absolute Gasteiger partial charge is 0.422 e. The number of aryl methyl sites for hydroxylation is 1. The van der Waals surface area contributed by atoms with E-state index in [1.165, 1.54) is 11.3 Å². The molecule has 0 aliphatic heterocycles. The first-order valence-electron chi connectivity index (χ1n) is 8.87. The molecular weight excluding hydrogens is 378 g/mol. The summed E-state index contributed by atoms with van der Waals surface area (Å²) in [5.74, 6) is 1.05. The van der Waals surface area contributed by atoms with Crippen LogP contribution < -0.4 is 10.9 Å². The van der Waals surface area contributed by atoms with Gasteiger partial charge in [-0.15, -0.1) is 11.3 Å². The van der Waals surface area contributed by atoms with Gasteiger partial charge >= 0.3 is 5.63 Å². The lowest BCUT2D eigenvalue weighted by Crippen LogP contribution is -2.20. The summed E-state index contributed by atoms with van der Waals surface area (Å²) in [4.78, 5) is 31.0. The van der Waals surface area contributed by atoms with E-state index in [9.17, 15) is 9.59 Å². The molecular formula is C20H15N3O4S. The number of carbonyl (C=O) groups is 1. The van der Waals surface area contributed by atoms with E-state index in [2.05, 4.69) is 15.5 Å². The van der Waals surface area contributed by atoms with Crippen molar-refractivity contribution in [2.24, 2.45) is 0 Å². The number of fused-ring (bicyclic) bond motifs is 1. The third kappa shape index (κ3) is 3.01. The topological polar surface area (TPSA) is 98.2 Å². The number of amides is 1. The fraction of sp³-hybridized carbons (Fsp3) is 0.200. The van der Waals surface area contributed by atoms with Crippen LogP contribution in [0.5, 0.6) is 0 Å². The molecule has 0 bridgehead atoms. The van der Waals surface area contributed by atoms with E-state index < -0.39 is 11.5 Å². The Morgan fingerprint density at radius 3 is 2.89 bits per heavy atom. The van der Waals surface area contributed by atoms with Crippen molar-refractivity contribution in [3.05, 3.63) is 63.1 Å². The number of thiophene rings is 1. The van der Waals surface area contributed by atoms with Gasteiger partial charge in [0.1, 0.15) is 11.1 Å². The van der Waals surface area contributed by atoms with E-state index in [4.69, 9.17) is 8.94 Å². The summed E-state index contributed by atoms with van der Waals surface area (Å²) in [6, 6.07) is 10.4. The van der Waals surface area contributed by atoms with Crippen LogP contribution in [0.15, 0.2) is 50.1 Å². The lowest BCUT2D eigenvalue weighted by molar-refractivity contribution is 0.102. The van der Waals surface area contributed by atoms with Crippen LogP contribution in [0.2, 0.25) is 0 Å². The number of aromatic nitrogens is 2. The van der Waals surface area contributed by atoms with Gasteiger partial charge in [-0.1, -0.05) is 23.4 Å². The van der Waals surface area contributed by atoms with Gasteiger partial charge in [-0.2, -0.15) is 4.98 Å². The van der Waals surface area contributed by atoms with E-state index >= 15 is 0 Å². The molecule has 0 spiro atoms. The summed E-state index contributed by atoms with van der Waals surface area (Å²) >= 11 is 1.46. The number of nitrogens with one attached hydrogen (secondary N) is 1. The van der Waals surface area contributed by atoms with E-state index in [0.717, 1.165) is 22.6 Å². The standard InChI is InChI=1S/C20H15N3O4S/c1-10-14(9-16(28-10)17-22-19(27-23-17)11-6-7-11)21-18(24)13-8-12-4-2-3-5-15(12)26-20(13)25/h2-5,8-9,11H,6-7H2,1H3,(H,21,24). The van der Waals surface area contributed by atoms with Crippen LogP contribution in [0.4, 0.5) is 5.69 Å². The van der Waals surface area contributed by atoms with Crippen molar-refractivity contribution in [3.63, 3.8) is 0 Å². The van der Waals surface area contributed by atoms with E-state index in [1.54, 1.807) is 30.3 Å². The second-order valence-corrected chi connectivity index (χ2v) is 8.01. The third-order valence-corrected chi connectivity index (χ3v) is 5.69. The van der Waals surface area contributed by atoms with E-state index in [0.29, 0.717) is 34.3 Å². The van der Waals surface area contributed by atoms with E-state index in [1.807, 2.05) is 13.0 Å². The predicted molar refractivity (Wildman–Crippen MR) is 105 cm³/mol. The number of nitrogens with zero attached hydrogens (tertiary/aromatic N) is 2. The highest BCUT2D eigenvalue weighted by Gasteiger charge is 2.30. The normalized spacial score (nSPS) is 13.8. The summed E-state index contributed by atoms with van der Waals surface area (Å²) in [6.07, 6.45) is 2.17. The zero-order valence-electron chi connectivity index (χ0n) is 14.9. The summed E-state index contributed by atoms with van der Waals surface area (Å²) in [5.41, 5.74) is 0.343. The van der Waals surface area contributed by atoms with Gasteiger partial charge in [0.25, 0.3) is 5.91 Å². The second-order valence-electron chi connectivity index (χ2n) is 6.75. The average molecular weight is 393 g/mol. The predicted octanol–water partition coefficient (Wildman–Crippen LogP) is 4.34. The zero-order chi connectivity index (χ0) is 19.3. The van der Waals surface area contributed by atoms with Crippen molar-refractivity contribution >= 4 is 33.9 Å². The molecule has 1 aliphatic carbocycles. The van der Waals surface area contributed by atoms with Crippen LogP contribution in [-0.4, -0.2) is 16.0 Å². The van der Waals surface area contributed by atoms with Crippen molar-refractivity contribution in [2.75, 3.05) is 5.32 Å². The molecule has 1 fully saturated rings. The molecule has 0 unspecified atom stereocenters. The van der Waals surface area contributed by atoms with Crippen molar-refractivity contribution in [2.45, 2.75) is 25.7 Å². The first kappa shape index (κ1) is 16.9. The Hall–Kier alpha value is -3.26. The zero-order valence-corrected chi connectivity index (χ0v) is 15.7. The summed E-state index contributed by atoms with van der Waals surface area (Å²) in [7, 11) is 0. The maximum absolute atomic E-state index is 12.7. The number of hydrogen-bond donors (Lipinski definition) is 1. The number of carbonyl (C=O) groups excluding carboxylic acids is 1. The third-order valence-electron chi connectivity index (χ3n) is 4.64. The summed E-state index contributed by atoms with van der Waals surface area (Å²) in [6.45, 7) is 1.88. The van der Waals surface area contributed by atoms with Crippen LogP contribution in [0.1, 0.15) is 39.9 Å². The van der Waals surface area contributed by atoms with Crippen molar-refractivity contribution in [1.29, 1.82) is 0 Å². The highest BCUT2D eigenvalue weighted by atomic mass is 32.1. The fourth-order valence-electron chi connectivity index (χ4n) is 2.96. The molecule has 1 saturated carbocycles. The number of benzene rings is 1. The first-order chi connectivity index (χ1) is 13.6. The summed E-state index contributed by atoms with van der Waals surface area (Å²) in [5, 5.41) is 7.51. The van der Waals surface area contributed by atoms with Crippen molar-refractivity contribution < 1.29 is 13.7 Å². The molecule has 1 aromatic carbocycles. The fourth-order valence-corrected chi connectivity index (χ4v) is 3.86. The van der Waals surface area contributed by atoms with Crippen molar-refractivity contribution in [3.8, 4) is 10.7 Å². The van der Waals surface area contributed by atoms with Crippen LogP contribution in [0, 0.1) is 6.92 Å². The molecule has 0 radical (unpaired) electrons.